The molecule has 0 heteroatoms. The largest absolute Gasteiger partial charge is 0.126 e. The monoisotopic (exact) mass is 408 g/mol. The van der Waals surface area contributed by atoms with Crippen LogP contribution in [0.2, 0.25) is 0 Å². The van der Waals surface area contributed by atoms with Gasteiger partial charge in [-0.25, -0.2) is 0 Å². The lowest BCUT2D eigenvalue weighted by Crippen LogP contribution is -1.82. The van der Waals surface area contributed by atoms with E-state index in [9.17, 15) is 0 Å². The maximum atomic E-state index is 3.28. The minimum Gasteiger partial charge on any atom is -0.126 e. The van der Waals surface area contributed by atoms with Gasteiger partial charge in [0.05, 0.1) is 0 Å². The summed E-state index contributed by atoms with van der Waals surface area (Å²) in [5, 5.41) is 0. The van der Waals surface area contributed by atoms with E-state index < -0.39 is 0 Å². The van der Waals surface area contributed by atoms with Gasteiger partial charge in [-0.3, -0.25) is 0 Å². The van der Waals surface area contributed by atoms with Gasteiger partial charge in [0.1, 0.15) is 0 Å². The fraction of sp³-hybridized carbons (Fsp3) is 0.567. The average Bonchev–Trinajstić information content (AvgIpc) is 2.64. The second-order valence-electron chi connectivity index (χ2n) is 9.23. The van der Waals surface area contributed by atoms with Crippen LogP contribution in [-0.2, 0) is 0 Å². The molecule has 0 aliphatic carbocycles. The second-order valence-corrected chi connectivity index (χ2v) is 9.23. The predicted octanol–water partition coefficient (Wildman–Crippen LogP) is 10.4. The molecule has 0 fully saturated rings. The van der Waals surface area contributed by atoms with Crippen LogP contribution in [0.15, 0.2) is 75.6 Å². The first-order chi connectivity index (χ1) is 14.2. The number of hydrogen-bond donors (Lipinski definition) is 0. The van der Waals surface area contributed by atoms with Crippen LogP contribution in [0.1, 0.15) is 113 Å². The molecule has 0 aliphatic heterocycles. The van der Waals surface area contributed by atoms with Crippen LogP contribution in [0.3, 0.4) is 0 Å². The molecule has 0 aromatic carbocycles. The Bertz CT molecular complexity index is 686. The van der Waals surface area contributed by atoms with Gasteiger partial charge in [0.15, 0.2) is 0 Å². The highest BCUT2D eigenvalue weighted by molar-refractivity contribution is 5.09. The summed E-state index contributed by atoms with van der Waals surface area (Å²) in [6.07, 6.45) is 24.5. The van der Waals surface area contributed by atoms with Crippen molar-refractivity contribution in [3.63, 3.8) is 0 Å². The van der Waals surface area contributed by atoms with Gasteiger partial charge in [0.2, 0.25) is 0 Å². The Kier molecular flexibility index (Phi) is 17.0. The average molecular weight is 409 g/mol. The summed E-state index contributed by atoms with van der Waals surface area (Å²) in [5.74, 6) is 0. The van der Waals surface area contributed by atoms with E-state index in [2.05, 4.69) is 97.6 Å². The van der Waals surface area contributed by atoms with Crippen molar-refractivity contribution < 1.29 is 0 Å². The van der Waals surface area contributed by atoms with Gasteiger partial charge in [-0.15, -0.1) is 5.73 Å². The SMILES string of the molecule is CC(C)=C=CC/C(C)=C/CC/C(C)=C/CC/C=C(\C)CC/C=C(/C)CCC=C(C)C. The Labute approximate surface area is 188 Å². The summed E-state index contributed by atoms with van der Waals surface area (Å²) in [6.45, 7) is 17.6. The molecule has 0 unspecified atom stereocenters. The summed E-state index contributed by atoms with van der Waals surface area (Å²) < 4.78 is 0. The van der Waals surface area contributed by atoms with E-state index in [0.29, 0.717) is 0 Å². The summed E-state index contributed by atoms with van der Waals surface area (Å²) >= 11 is 0. The van der Waals surface area contributed by atoms with Crippen molar-refractivity contribution in [1.29, 1.82) is 0 Å². The molecule has 0 rings (SSSR count). The fourth-order valence-electron chi connectivity index (χ4n) is 3.15. The molecule has 0 amide bonds. The predicted molar refractivity (Wildman–Crippen MR) is 139 cm³/mol. The van der Waals surface area contributed by atoms with E-state index in [4.69, 9.17) is 0 Å². The van der Waals surface area contributed by atoms with Crippen LogP contribution < -0.4 is 0 Å². The summed E-state index contributed by atoms with van der Waals surface area (Å²) in [5.41, 5.74) is 11.9. The molecule has 0 N–H and O–H groups in total. The molecule has 168 valence electrons. The van der Waals surface area contributed by atoms with Crippen molar-refractivity contribution in [3.05, 3.63) is 75.6 Å². The summed E-state index contributed by atoms with van der Waals surface area (Å²) in [6, 6.07) is 0. The number of rotatable bonds is 14. The topological polar surface area (TPSA) is 0 Å². The molecule has 0 aromatic heterocycles. The van der Waals surface area contributed by atoms with E-state index in [0.717, 1.165) is 25.7 Å². The normalized spacial score (nSPS) is 13.2. The Morgan fingerprint density at radius 1 is 0.500 bits per heavy atom. The van der Waals surface area contributed by atoms with E-state index in [1.54, 1.807) is 0 Å². The van der Waals surface area contributed by atoms with Crippen LogP contribution in [-0.4, -0.2) is 0 Å². The highest BCUT2D eigenvalue weighted by atomic mass is 14.0. The van der Waals surface area contributed by atoms with Crippen LogP contribution >= 0.6 is 0 Å². The third-order valence-corrected chi connectivity index (χ3v) is 5.12. The number of allylic oxidation sites excluding steroid dienone is 11. The quantitative estimate of drug-likeness (QED) is 0.152. The Balaban J connectivity index is 4.11. The molecule has 0 radical (unpaired) electrons. The molecular weight excluding hydrogens is 360 g/mol. The van der Waals surface area contributed by atoms with Gasteiger partial charge in [0, 0.05) is 0 Å². The van der Waals surface area contributed by atoms with Gasteiger partial charge in [-0.05, 0) is 125 Å². The third kappa shape index (κ3) is 19.5. The van der Waals surface area contributed by atoms with Gasteiger partial charge in [-0.1, -0.05) is 58.2 Å². The molecular formula is C30H48. The van der Waals surface area contributed by atoms with E-state index in [-0.39, 0.29) is 0 Å². The smallest absolute Gasteiger partial charge is 0.00654 e. The number of hydrogen-bond acceptors (Lipinski definition) is 0. The highest BCUT2D eigenvalue weighted by Gasteiger charge is 1.93. The summed E-state index contributed by atoms with van der Waals surface area (Å²) in [4.78, 5) is 0. The van der Waals surface area contributed by atoms with E-state index in [1.807, 2.05) is 0 Å². The Morgan fingerprint density at radius 3 is 1.33 bits per heavy atom. The van der Waals surface area contributed by atoms with Crippen LogP contribution in [0.5, 0.6) is 0 Å². The van der Waals surface area contributed by atoms with Crippen LogP contribution in [0, 0.1) is 0 Å². The molecule has 30 heavy (non-hydrogen) atoms. The first kappa shape index (κ1) is 28.2. The highest BCUT2D eigenvalue weighted by Crippen LogP contribution is 2.14. The van der Waals surface area contributed by atoms with Gasteiger partial charge in [0.25, 0.3) is 0 Å². The van der Waals surface area contributed by atoms with Crippen molar-refractivity contribution in [2.75, 3.05) is 0 Å². The minimum absolute atomic E-state index is 1.02. The van der Waals surface area contributed by atoms with Crippen molar-refractivity contribution in [2.24, 2.45) is 0 Å². The van der Waals surface area contributed by atoms with Gasteiger partial charge < -0.3 is 0 Å². The van der Waals surface area contributed by atoms with Crippen LogP contribution in [0.25, 0.3) is 0 Å². The molecule has 0 aromatic rings. The second kappa shape index (κ2) is 18.0. The Hall–Kier alpha value is -1.78. The van der Waals surface area contributed by atoms with E-state index >= 15 is 0 Å². The minimum atomic E-state index is 1.02. The van der Waals surface area contributed by atoms with Crippen molar-refractivity contribution in [3.8, 4) is 0 Å². The summed E-state index contributed by atoms with van der Waals surface area (Å²) in [7, 11) is 0. The zero-order valence-electron chi connectivity index (χ0n) is 21.3. The maximum absolute atomic E-state index is 3.28. The molecule has 0 nitrogen and oxygen atoms in total. The first-order valence-corrected chi connectivity index (χ1v) is 11.8. The molecule has 0 aliphatic rings. The zero-order valence-corrected chi connectivity index (χ0v) is 21.3. The molecule has 0 saturated heterocycles. The Morgan fingerprint density at radius 2 is 0.900 bits per heavy atom. The third-order valence-electron chi connectivity index (χ3n) is 5.12. The van der Waals surface area contributed by atoms with Crippen molar-refractivity contribution in [2.45, 2.75) is 113 Å². The molecule has 0 bridgehead atoms. The molecule has 0 saturated carbocycles. The van der Waals surface area contributed by atoms with Gasteiger partial charge >= 0.3 is 0 Å². The lowest BCUT2D eigenvalue weighted by Gasteiger charge is -2.02. The first-order valence-electron chi connectivity index (χ1n) is 11.8. The fourth-order valence-corrected chi connectivity index (χ4v) is 3.15. The van der Waals surface area contributed by atoms with Crippen molar-refractivity contribution in [1.82, 2.24) is 0 Å². The lowest BCUT2D eigenvalue weighted by atomic mass is 10.0. The maximum Gasteiger partial charge on any atom is -0.00654 e. The lowest BCUT2D eigenvalue weighted by molar-refractivity contribution is 0.901. The molecule has 0 heterocycles. The number of unbranched alkanes of at least 4 members (excludes halogenated alkanes) is 1. The standard InChI is InChI=1S/C30H48/c1-25(2)15-11-19-29(7)23-13-21-27(5)17-9-10-18-28(6)22-14-24-30(8)20-12-16-26(3)4/h11,16-18,23-24H,9-10,12-14,19-22H2,1-8H3/b27-17+,28-18+,29-23+,30-24-. The molecule has 0 spiro atoms. The van der Waals surface area contributed by atoms with Gasteiger partial charge in [-0.2, -0.15) is 0 Å². The zero-order chi connectivity index (χ0) is 22.8. The van der Waals surface area contributed by atoms with Crippen LogP contribution in [0.4, 0.5) is 0 Å². The molecule has 0 atom stereocenters. The van der Waals surface area contributed by atoms with Crippen molar-refractivity contribution >= 4 is 0 Å². The van der Waals surface area contributed by atoms with E-state index in [1.165, 1.54) is 65.5 Å².